The van der Waals surface area contributed by atoms with E-state index in [9.17, 15) is 4.79 Å². The first-order valence-electron chi connectivity index (χ1n) is 6.27. The molecular formula is C14H15N3O. The number of carbonyl (C=O) groups excluding carboxylic acids is 1. The van der Waals surface area contributed by atoms with Crippen LogP contribution in [-0.2, 0) is 0 Å². The summed E-state index contributed by atoms with van der Waals surface area (Å²) in [6, 6.07) is 7.81. The molecule has 3 rings (SSSR count). The Bertz CT molecular complexity index is 603. The van der Waals surface area contributed by atoms with E-state index in [4.69, 9.17) is 0 Å². The molecule has 1 fully saturated rings. The molecule has 0 unspecified atom stereocenters. The molecule has 0 N–H and O–H groups in total. The fourth-order valence-corrected chi connectivity index (χ4v) is 2.35. The van der Waals surface area contributed by atoms with Crippen LogP contribution >= 0.6 is 0 Å². The van der Waals surface area contributed by atoms with Crippen LogP contribution in [0, 0.1) is 6.92 Å². The van der Waals surface area contributed by atoms with E-state index in [-0.39, 0.29) is 5.91 Å². The van der Waals surface area contributed by atoms with E-state index in [2.05, 4.69) is 10.2 Å². The Morgan fingerprint density at radius 2 is 1.94 bits per heavy atom. The number of aromatic nitrogens is 2. The summed E-state index contributed by atoms with van der Waals surface area (Å²) in [5.74, 6) is 0.00315. The molecule has 0 saturated carbocycles. The summed E-state index contributed by atoms with van der Waals surface area (Å²) >= 11 is 0. The second-order valence-corrected chi connectivity index (χ2v) is 4.79. The monoisotopic (exact) mass is 241 g/mol. The van der Waals surface area contributed by atoms with E-state index >= 15 is 0 Å². The zero-order valence-corrected chi connectivity index (χ0v) is 10.4. The standard InChI is InChI=1S/C14H15N3O/c1-10-4-5-12-11(8-10)9-13(16-15-12)14(18)17-6-2-3-7-17/h4-5,8-9H,2-3,6-7H2,1H3. The number of rotatable bonds is 1. The van der Waals surface area contributed by atoms with Gasteiger partial charge in [-0.2, -0.15) is 0 Å². The van der Waals surface area contributed by atoms with Crippen LogP contribution in [-0.4, -0.2) is 34.1 Å². The van der Waals surface area contributed by atoms with E-state index < -0.39 is 0 Å². The molecule has 0 radical (unpaired) electrons. The maximum atomic E-state index is 12.2. The summed E-state index contributed by atoms with van der Waals surface area (Å²) in [7, 11) is 0. The van der Waals surface area contributed by atoms with Crippen molar-refractivity contribution in [2.75, 3.05) is 13.1 Å². The number of hydrogen-bond acceptors (Lipinski definition) is 3. The topological polar surface area (TPSA) is 46.1 Å². The lowest BCUT2D eigenvalue weighted by Gasteiger charge is -2.14. The molecule has 2 aromatic rings. The van der Waals surface area contributed by atoms with Crippen molar-refractivity contribution in [3.05, 3.63) is 35.5 Å². The molecule has 92 valence electrons. The number of nitrogens with zero attached hydrogens (tertiary/aromatic N) is 3. The minimum absolute atomic E-state index is 0.00315. The molecule has 0 bridgehead atoms. The summed E-state index contributed by atoms with van der Waals surface area (Å²) in [5, 5.41) is 9.14. The van der Waals surface area contributed by atoms with Gasteiger partial charge in [-0.1, -0.05) is 11.6 Å². The zero-order valence-electron chi connectivity index (χ0n) is 10.4. The highest BCUT2D eigenvalue weighted by atomic mass is 16.2. The van der Waals surface area contributed by atoms with Gasteiger partial charge in [-0.3, -0.25) is 4.79 Å². The molecule has 1 aromatic carbocycles. The normalized spacial score (nSPS) is 15.3. The fraction of sp³-hybridized carbons (Fsp3) is 0.357. The highest BCUT2D eigenvalue weighted by Gasteiger charge is 2.21. The summed E-state index contributed by atoms with van der Waals surface area (Å²) in [6.45, 7) is 3.71. The summed E-state index contributed by atoms with van der Waals surface area (Å²) in [4.78, 5) is 14.1. The van der Waals surface area contributed by atoms with Gasteiger partial charge in [-0.25, -0.2) is 0 Å². The molecule has 2 heterocycles. The van der Waals surface area contributed by atoms with Crippen molar-refractivity contribution in [2.45, 2.75) is 19.8 Å². The van der Waals surface area contributed by atoms with Gasteiger partial charge in [-0.05, 0) is 38.0 Å². The quantitative estimate of drug-likeness (QED) is 0.768. The van der Waals surface area contributed by atoms with Gasteiger partial charge in [0.1, 0.15) is 0 Å². The zero-order chi connectivity index (χ0) is 12.5. The minimum atomic E-state index is 0.00315. The molecule has 1 amide bonds. The molecule has 0 aliphatic carbocycles. The second-order valence-electron chi connectivity index (χ2n) is 4.79. The lowest BCUT2D eigenvalue weighted by Crippen LogP contribution is -2.28. The van der Waals surface area contributed by atoms with Crippen molar-refractivity contribution in [3.8, 4) is 0 Å². The Balaban J connectivity index is 1.99. The van der Waals surface area contributed by atoms with Crippen molar-refractivity contribution in [1.82, 2.24) is 15.1 Å². The average molecular weight is 241 g/mol. The molecule has 0 atom stereocenters. The van der Waals surface area contributed by atoms with Gasteiger partial charge in [0.15, 0.2) is 5.69 Å². The first-order valence-corrected chi connectivity index (χ1v) is 6.27. The Kier molecular flexibility index (Phi) is 2.70. The summed E-state index contributed by atoms with van der Waals surface area (Å²) < 4.78 is 0. The van der Waals surface area contributed by atoms with Crippen LogP contribution in [0.4, 0.5) is 0 Å². The molecule has 18 heavy (non-hydrogen) atoms. The van der Waals surface area contributed by atoms with Gasteiger partial charge in [0.2, 0.25) is 0 Å². The Morgan fingerprint density at radius 3 is 2.72 bits per heavy atom. The van der Waals surface area contributed by atoms with Crippen molar-refractivity contribution < 1.29 is 4.79 Å². The first kappa shape index (κ1) is 11.1. The number of aryl methyl sites for hydroxylation is 1. The van der Waals surface area contributed by atoms with Gasteiger partial charge in [0, 0.05) is 18.5 Å². The van der Waals surface area contributed by atoms with E-state index in [1.807, 2.05) is 36.1 Å². The second kappa shape index (κ2) is 4.37. The maximum absolute atomic E-state index is 12.2. The van der Waals surface area contributed by atoms with Crippen molar-refractivity contribution in [2.24, 2.45) is 0 Å². The highest BCUT2D eigenvalue weighted by molar-refractivity contribution is 5.95. The maximum Gasteiger partial charge on any atom is 0.274 e. The number of fused-ring (bicyclic) bond motifs is 1. The van der Waals surface area contributed by atoms with Crippen LogP contribution in [0.5, 0.6) is 0 Å². The van der Waals surface area contributed by atoms with E-state index in [1.165, 1.54) is 0 Å². The van der Waals surface area contributed by atoms with Crippen LogP contribution in [0.25, 0.3) is 10.9 Å². The van der Waals surface area contributed by atoms with Gasteiger partial charge in [-0.15, -0.1) is 10.2 Å². The van der Waals surface area contributed by atoms with Crippen LogP contribution in [0.1, 0.15) is 28.9 Å². The molecule has 1 aliphatic heterocycles. The number of carbonyl (C=O) groups is 1. The van der Waals surface area contributed by atoms with Crippen molar-refractivity contribution in [3.63, 3.8) is 0 Å². The van der Waals surface area contributed by atoms with Crippen LogP contribution in [0.2, 0.25) is 0 Å². The number of hydrogen-bond donors (Lipinski definition) is 0. The molecule has 1 saturated heterocycles. The predicted molar refractivity (Wildman–Crippen MR) is 69.4 cm³/mol. The van der Waals surface area contributed by atoms with E-state index in [0.717, 1.165) is 42.4 Å². The Morgan fingerprint density at radius 1 is 1.17 bits per heavy atom. The molecule has 1 aromatic heterocycles. The third kappa shape index (κ3) is 1.94. The lowest BCUT2D eigenvalue weighted by molar-refractivity contribution is 0.0786. The van der Waals surface area contributed by atoms with Crippen molar-refractivity contribution in [1.29, 1.82) is 0 Å². The SMILES string of the molecule is Cc1ccc2nnc(C(=O)N3CCCC3)cc2c1. The van der Waals surface area contributed by atoms with Gasteiger partial charge >= 0.3 is 0 Å². The van der Waals surface area contributed by atoms with Gasteiger partial charge < -0.3 is 4.90 Å². The van der Waals surface area contributed by atoms with Crippen LogP contribution < -0.4 is 0 Å². The van der Waals surface area contributed by atoms with Gasteiger partial charge in [0.25, 0.3) is 5.91 Å². The van der Waals surface area contributed by atoms with Crippen LogP contribution in [0.3, 0.4) is 0 Å². The summed E-state index contributed by atoms with van der Waals surface area (Å²) in [5.41, 5.74) is 2.45. The minimum Gasteiger partial charge on any atom is -0.337 e. The Hall–Kier alpha value is -1.97. The van der Waals surface area contributed by atoms with Crippen molar-refractivity contribution >= 4 is 16.8 Å². The summed E-state index contributed by atoms with van der Waals surface area (Å²) in [6.07, 6.45) is 2.18. The van der Waals surface area contributed by atoms with E-state index in [0.29, 0.717) is 5.69 Å². The van der Waals surface area contributed by atoms with E-state index in [1.54, 1.807) is 0 Å². The average Bonchev–Trinajstić information content (AvgIpc) is 2.90. The number of likely N-dealkylation sites (tertiary alicyclic amines) is 1. The predicted octanol–water partition coefficient (Wildman–Crippen LogP) is 2.17. The molecular weight excluding hydrogens is 226 g/mol. The molecule has 4 nitrogen and oxygen atoms in total. The Labute approximate surface area is 106 Å². The fourth-order valence-electron chi connectivity index (χ4n) is 2.35. The lowest BCUT2D eigenvalue weighted by atomic mass is 10.1. The third-order valence-electron chi connectivity index (χ3n) is 3.35. The highest BCUT2D eigenvalue weighted by Crippen LogP contribution is 2.16. The van der Waals surface area contributed by atoms with Crippen LogP contribution in [0.15, 0.2) is 24.3 Å². The first-order chi connectivity index (χ1) is 8.74. The molecule has 4 heteroatoms. The smallest absolute Gasteiger partial charge is 0.274 e. The largest absolute Gasteiger partial charge is 0.337 e. The molecule has 1 aliphatic rings. The van der Waals surface area contributed by atoms with Gasteiger partial charge in [0.05, 0.1) is 5.52 Å². The molecule has 0 spiro atoms. The number of amides is 1. The third-order valence-corrected chi connectivity index (χ3v) is 3.35. The number of benzene rings is 1.